The second-order valence-corrected chi connectivity index (χ2v) is 5.60. The van der Waals surface area contributed by atoms with Crippen molar-refractivity contribution in [1.29, 1.82) is 0 Å². The molecule has 4 heteroatoms. The molecular weight excluding hydrogens is 242 g/mol. The smallest absolute Gasteiger partial charge is 0.335 e. The topological polar surface area (TPSA) is 60.8 Å². The number of carbonyl (C=O) groups is 1. The highest BCUT2D eigenvalue weighted by molar-refractivity contribution is 5.87. The molecule has 0 saturated heterocycles. The van der Waals surface area contributed by atoms with Crippen LogP contribution in [-0.4, -0.2) is 39.8 Å². The number of aliphatic hydroxyl groups is 1. The summed E-state index contributed by atoms with van der Waals surface area (Å²) in [6.07, 6.45) is 1.63. The van der Waals surface area contributed by atoms with Gasteiger partial charge in [0.15, 0.2) is 0 Å². The summed E-state index contributed by atoms with van der Waals surface area (Å²) < 4.78 is 0. The Morgan fingerprint density at radius 3 is 2.79 bits per heavy atom. The fourth-order valence-electron chi connectivity index (χ4n) is 2.48. The Morgan fingerprint density at radius 1 is 1.42 bits per heavy atom. The summed E-state index contributed by atoms with van der Waals surface area (Å²) in [6.45, 7) is 6.07. The number of nitrogens with zero attached hydrogens (tertiary/aromatic N) is 1. The van der Waals surface area contributed by atoms with Crippen molar-refractivity contribution in [1.82, 2.24) is 4.90 Å². The van der Waals surface area contributed by atoms with E-state index in [2.05, 4.69) is 4.90 Å². The molecule has 0 saturated carbocycles. The highest BCUT2D eigenvalue weighted by Gasteiger charge is 2.25. The fourth-order valence-corrected chi connectivity index (χ4v) is 2.48. The van der Waals surface area contributed by atoms with Crippen LogP contribution < -0.4 is 0 Å². The Morgan fingerprint density at radius 2 is 2.16 bits per heavy atom. The Balaban J connectivity index is 2.14. The number of carboxylic acids is 1. The van der Waals surface area contributed by atoms with Crippen molar-refractivity contribution in [3.8, 4) is 0 Å². The number of aromatic carboxylic acids is 1. The number of β-amino-alcohol motifs (C(OH)–C–C–N with tert-alkyl or cyclic N) is 1. The van der Waals surface area contributed by atoms with Crippen LogP contribution in [0.2, 0.25) is 0 Å². The normalized spacial score (nSPS) is 18.7. The summed E-state index contributed by atoms with van der Waals surface area (Å²) in [4.78, 5) is 13.2. The predicted octanol–water partition coefficient (Wildman–Crippen LogP) is 1.90. The number of carboxylic acid groups (broad SMARTS) is 1. The zero-order valence-corrected chi connectivity index (χ0v) is 11.5. The first kappa shape index (κ1) is 14.0. The van der Waals surface area contributed by atoms with E-state index in [1.165, 1.54) is 5.56 Å². The monoisotopic (exact) mass is 263 g/mol. The summed E-state index contributed by atoms with van der Waals surface area (Å²) in [5.41, 5.74) is 1.94. The third-order valence-electron chi connectivity index (χ3n) is 3.87. The summed E-state index contributed by atoms with van der Waals surface area (Å²) >= 11 is 0. The maximum Gasteiger partial charge on any atom is 0.335 e. The predicted molar refractivity (Wildman–Crippen MR) is 73.3 cm³/mol. The molecule has 0 aromatic heterocycles. The Labute approximate surface area is 113 Å². The molecule has 0 spiro atoms. The molecule has 1 aromatic carbocycles. The molecule has 1 heterocycles. The van der Waals surface area contributed by atoms with Crippen LogP contribution in [0.1, 0.15) is 41.8 Å². The first-order valence-corrected chi connectivity index (χ1v) is 6.71. The van der Waals surface area contributed by atoms with Crippen LogP contribution in [0, 0.1) is 0 Å². The van der Waals surface area contributed by atoms with Crippen LogP contribution >= 0.6 is 0 Å². The summed E-state index contributed by atoms with van der Waals surface area (Å²) in [5, 5.41) is 19.2. The Kier molecular flexibility index (Phi) is 3.92. The molecule has 2 rings (SSSR count). The van der Waals surface area contributed by atoms with Crippen molar-refractivity contribution in [3.63, 3.8) is 0 Å². The zero-order chi connectivity index (χ0) is 14.0. The zero-order valence-electron chi connectivity index (χ0n) is 11.5. The van der Waals surface area contributed by atoms with Crippen LogP contribution in [0.4, 0.5) is 0 Å². The summed E-state index contributed by atoms with van der Waals surface area (Å²) in [5.74, 6) is -0.888. The molecule has 2 N–H and O–H groups in total. The molecule has 1 aliphatic heterocycles. The minimum atomic E-state index is -0.888. The Hall–Kier alpha value is -1.39. The van der Waals surface area contributed by atoms with E-state index >= 15 is 0 Å². The Bertz CT molecular complexity index is 482. The van der Waals surface area contributed by atoms with Gasteiger partial charge in [-0.3, -0.25) is 4.90 Å². The van der Waals surface area contributed by atoms with E-state index in [0.717, 1.165) is 18.5 Å². The van der Waals surface area contributed by atoms with Gasteiger partial charge in [-0.2, -0.15) is 0 Å². The molecule has 0 bridgehead atoms. The first-order valence-electron chi connectivity index (χ1n) is 6.71. The fraction of sp³-hybridized carbons (Fsp3) is 0.533. The van der Waals surface area contributed by atoms with Crippen LogP contribution in [0.5, 0.6) is 0 Å². The molecule has 104 valence electrons. The van der Waals surface area contributed by atoms with Crippen LogP contribution in [0.3, 0.4) is 0 Å². The van der Waals surface area contributed by atoms with Gasteiger partial charge < -0.3 is 10.2 Å². The van der Waals surface area contributed by atoms with Gasteiger partial charge in [0.2, 0.25) is 0 Å². The van der Waals surface area contributed by atoms with E-state index in [1.807, 2.05) is 19.9 Å². The van der Waals surface area contributed by atoms with Crippen molar-refractivity contribution in [2.24, 2.45) is 0 Å². The molecule has 0 aliphatic carbocycles. The van der Waals surface area contributed by atoms with Gasteiger partial charge in [0, 0.05) is 19.6 Å². The standard InChI is InChI=1S/C15H21NO3/c1-3-15(2,19)10-16-7-6-11-4-5-12(14(17)18)8-13(11)9-16/h4-5,8,19H,3,6-7,9-10H2,1-2H3,(H,17,18). The second kappa shape index (κ2) is 5.31. The molecular formula is C15H21NO3. The minimum Gasteiger partial charge on any atom is -0.478 e. The van der Waals surface area contributed by atoms with Gasteiger partial charge in [-0.1, -0.05) is 13.0 Å². The quantitative estimate of drug-likeness (QED) is 0.871. The van der Waals surface area contributed by atoms with Gasteiger partial charge >= 0.3 is 5.97 Å². The van der Waals surface area contributed by atoms with Gasteiger partial charge in [0.25, 0.3) is 0 Å². The minimum absolute atomic E-state index is 0.336. The highest BCUT2D eigenvalue weighted by Crippen LogP contribution is 2.22. The van der Waals surface area contributed by atoms with Crippen LogP contribution in [0.25, 0.3) is 0 Å². The lowest BCUT2D eigenvalue weighted by molar-refractivity contribution is 0.0124. The van der Waals surface area contributed by atoms with E-state index in [-0.39, 0.29) is 0 Å². The summed E-state index contributed by atoms with van der Waals surface area (Å²) in [7, 11) is 0. The van der Waals surface area contributed by atoms with Crippen molar-refractivity contribution < 1.29 is 15.0 Å². The van der Waals surface area contributed by atoms with Gasteiger partial charge in [0.1, 0.15) is 0 Å². The van der Waals surface area contributed by atoms with Gasteiger partial charge in [0.05, 0.1) is 11.2 Å². The maximum atomic E-state index is 11.0. The number of rotatable bonds is 4. The highest BCUT2D eigenvalue weighted by atomic mass is 16.4. The molecule has 1 atom stereocenters. The van der Waals surface area contributed by atoms with Crippen LogP contribution in [-0.2, 0) is 13.0 Å². The van der Waals surface area contributed by atoms with E-state index < -0.39 is 11.6 Å². The molecule has 0 amide bonds. The average molecular weight is 263 g/mol. The van der Waals surface area contributed by atoms with Crippen LogP contribution in [0.15, 0.2) is 18.2 Å². The number of benzene rings is 1. The van der Waals surface area contributed by atoms with Gasteiger partial charge in [-0.05, 0) is 43.0 Å². The second-order valence-electron chi connectivity index (χ2n) is 5.60. The SMILES string of the molecule is CCC(C)(O)CN1CCc2ccc(C(=O)O)cc2C1. The molecule has 0 radical (unpaired) electrons. The lowest BCUT2D eigenvalue weighted by Crippen LogP contribution is -2.42. The van der Waals surface area contributed by atoms with E-state index in [1.54, 1.807) is 12.1 Å². The molecule has 19 heavy (non-hydrogen) atoms. The molecule has 1 unspecified atom stereocenters. The maximum absolute atomic E-state index is 11.0. The molecule has 0 fully saturated rings. The molecule has 4 nitrogen and oxygen atoms in total. The van der Waals surface area contributed by atoms with E-state index in [4.69, 9.17) is 5.11 Å². The van der Waals surface area contributed by atoms with Crippen molar-refractivity contribution in [3.05, 3.63) is 34.9 Å². The molecule has 1 aliphatic rings. The number of hydrogen-bond acceptors (Lipinski definition) is 3. The first-order chi connectivity index (χ1) is 8.91. The average Bonchev–Trinajstić information content (AvgIpc) is 2.37. The van der Waals surface area contributed by atoms with Crippen molar-refractivity contribution in [2.75, 3.05) is 13.1 Å². The lowest BCUT2D eigenvalue weighted by Gasteiger charge is -2.34. The van der Waals surface area contributed by atoms with Gasteiger partial charge in [-0.25, -0.2) is 4.79 Å². The molecule has 1 aromatic rings. The lowest BCUT2D eigenvalue weighted by atomic mass is 9.95. The third-order valence-corrected chi connectivity index (χ3v) is 3.87. The van der Waals surface area contributed by atoms with Crippen molar-refractivity contribution >= 4 is 5.97 Å². The largest absolute Gasteiger partial charge is 0.478 e. The summed E-state index contributed by atoms with van der Waals surface area (Å²) in [6, 6.07) is 5.33. The number of fused-ring (bicyclic) bond motifs is 1. The van der Waals surface area contributed by atoms with E-state index in [0.29, 0.717) is 25.1 Å². The number of hydrogen-bond donors (Lipinski definition) is 2. The van der Waals surface area contributed by atoms with E-state index in [9.17, 15) is 9.90 Å². The third kappa shape index (κ3) is 3.33. The van der Waals surface area contributed by atoms with Crippen molar-refractivity contribution in [2.45, 2.75) is 38.8 Å². The van der Waals surface area contributed by atoms with Gasteiger partial charge in [-0.15, -0.1) is 0 Å².